The first-order chi connectivity index (χ1) is 8.16. The van der Waals surface area contributed by atoms with Crippen molar-refractivity contribution in [2.24, 2.45) is 10.2 Å². The van der Waals surface area contributed by atoms with Crippen LogP contribution in [0, 0.1) is 13.8 Å². The van der Waals surface area contributed by atoms with Crippen molar-refractivity contribution in [1.82, 2.24) is 0 Å². The fraction of sp³-hybridized carbons (Fsp3) is 0.143. The van der Waals surface area contributed by atoms with Gasteiger partial charge in [0.2, 0.25) is 0 Å². The third-order valence-corrected chi connectivity index (χ3v) is 2.61. The van der Waals surface area contributed by atoms with Crippen molar-refractivity contribution in [3.8, 4) is 0 Å². The number of hydrogen-bond acceptors (Lipinski definition) is 3. The van der Waals surface area contributed by atoms with Crippen LogP contribution in [0.25, 0.3) is 0 Å². The summed E-state index contributed by atoms with van der Waals surface area (Å²) >= 11 is 0. The van der Waals surface area contributed by atoms with E-state index in [9.17, 15) is 0 Å². The zero-order valence-corrected chi connectivity index (χ0v) is 10.0. The molecule has 3 nitrogen and oxygen atoms in total. The third-order valence-electron chi connectivity index (χ3n) is 2.61. The quantitative estimate of drug-likeness (QED) is 0.601. The molecule has 0 spiro atoms. The summed E-state index contributed by atoms with van der Waals surface area (Å²) < 4.78 is 0. The number of nitrogens with zero attached hydrogens (tertiary/aromatic N) is 2. The minimum atomic E-state index is 0.793. The standard InChI is InChI=1S/C14H15N3/c1-10-9-14(11(2)8-13(10)15)17-16-12-6-4-3-5-7-12/h3-9H,15H2,1-2H3. The number of nitrogens with two attached hydrogens (primary N) is 1. The molecule has 0 radical (unpaired) electrons. The van der Waals surface area contributed by atoms with E-state index in [4.69, 9.17) is 5.73 Å². The number of azo groups is 1. The van der Waals surface area contributed by atoms with Gasteiger partial charge in [-0.3, -0.25) is 0 Å². The molecule has 2 aromatic rings. The molecule has 0 aromatic heterocycles. The molecule has 0 unspecified atom stereocenters. The maximum absolute atomic E-state index is 5.82. The van der Waals surface area contributed by atoms with Crippen molar-refractivity contribution < 1.29 is 0 Å². The van der Waals surface area contributed by atoms with Crippen LogP contribution in [0.15, 0.2) is 52.7 Å². The number of hydrogen-bond donors (Lipinski definition) is 1. The lowest BCUT2D eigenvalue weighted by molar-refractivity contribution is 1.20. The number of rotatable bonds is 2. The summed E-state index contributed by atoms with van der Waals surface area (Å²) in [5, 5.41) is 8.44. The number of benzene rings is 2. The molecule has 0 aliphatic heterocycles. The molecule has 0 bridgehead atoms. The molecule has 86 valence electrons. The summed E-state index contributed by atoms with van der Waals surface area (Å²) in [6, 6.07) is 13.6. The Hall–Kier alpha value is -2.16. The van der Waals surface area contributed by atoms with E-state index >= 15 is 0 Å². The first kappa shape index (κ1) is 11.3. The predicted octanol–water partition coefficient (Wildman–Crippen LogP) is 4.30. The molecule has 3 heteroatoms. The van der Waals surface area contributed by atoms with Gasteiger partial charge < -0.3 is 5.73 Å². The van der Waals surface area contributed by atoms with Gasteiger partial charge in [-0.2, -0.15) is 10.2 Å². The average Bonchev–Trinajstić information content (AvgIpc) is 2.33. The number of aryl methyl sites for hydroxylation is 2. The monoisotopic (exact) mass is 225 g/mol. The molecule has 0 atom stereocenters. The van der Waals surface area contributed by atoms with Crippen molar-refractivity contribution >= 4 is 17.1 Å². The molecule has 0 saturated heterocycles. The van der Waals surface area contributed by atoms with E-state index in [0.29, 0.717) is 0 Å². The van der Waals surface area contributed by atoms with Crippen LogP contribution in [0.3, 0.4) is 0 Å². The largest absolute Gasteiger partial charge is 0.399 e. The Labute approximate surface area is 101 Å². The zero-order valence-electron chi connectivity index (χ0n) is 10.0. The summed E-state index contributed by atoms with van der Waals surface area (Å²) in [5.41, 5.74) is 10.4. The normalized spacial score (nSPS) is 10.9. The first-order valence-electron chi connectivity index (χ1n) is 5.50. The van der Waals surface area contributed by atoms with Crippen LogP contribution in [-0.2, 0) is 0 Å². The fourth-order valence-corrected chi connectivity index (χ4v) is 1.54. The van der Waals surface area contributed by atoms with E-state index in [1.54, 1.807) is 0 Å². The lowest BCUT2D eigenvalue weighted by Gasteiger charge is -2.04. The van der Waals surface area contributed by atoms with Crippen LogP contribution in [0.1, 0.15) is 11.1 Å². The summed E-state index contributed by atoms with van der Waals surface area (Å²) in [4.78, 5) is 0. The molecule has 0 heterocycles. The van der Waals surface area contributed by atoms with E-state index in [1.165, 1.54) is 0 Å². The highest BCUT2D eigenvalue weighted by molar-refractivity contribution is 5.59. The minimum Gasteiger partial charge on any atom is -0.399 e. The predicted molar refractivity (Wildman–Crippen MR) is 70.9 cm³/mol. The van der Waals surface area contributed by atoms with Gasteiger partial charge in [0.1, 0.15) is 0 Å². The molecule has 0 saturated carbocycles. The van der Waals surface area contributed by atoms with Gasteiger partial charge in [0, 0.05) is 5.69 Å². The van der Waals surface area contributed by atoms with Crippen LogP contribution in [0.4, 0.5) is 17.1 Å². The Kier molecular flexibility index (Phi) is 3.19. The van der Waals surface area contributed by atoms with Crippen molar-refractivity contribution in [3.05, 3.63) is 53.6 Å². The second-order valence-corrected chi connectivity index (χ2v) is 4.03. The van der Waals surface area contributed by atoms with Gasteiger partial charge >= 0.3 is 0 Å². The molecular formula is C14H15N3. The third kappa shape index (κ3) is 2.69. The molecule has 0 aliphatic rings. The molecule has 2 N–H and O–H groups in total. The summed E-state index contributed by atoms with van der Waals surface area (Å²) in [7, 11) is 0. The first-order valence-corrected chi connectivity index (χ1v) is 5.50. The van der Waals surface area contributed by atoms with Crippen LogP contribution in [-0.4, -0.2) is 0 Å². The topological polar surface area (TPSA) is 50.7 Å². The van der Waals surface area contributed by atoms with Crippen LogP contribution >= 0.6 is 0 Å². The van der Waals surface area contributed by atoms with Gasteiger partial charge in [-0.25, -0.2) is 0 Å². The van der Waals surface area contributed by atoms with Gasteiger partial charge in [-0.05, 0) is 49.2 Å². The molecule has 2 aromatic carbocycles. The van der Waals surface area contributed by atoms with Crippen molar-refractivity contribution in [1.29, 1.82) is 0 Å². The second-order valence-electron chi connectivity index (χ2n) is 4.03. The molecule has 0 aliphatic carbocycles. The van der Waals surface area contributed by atoms with Crippen molar-refractivity contribution in [3.63, 3.8) is 0 Å². The number of nitrogen functional groups attached to an aromatic ring is 1. The van der Waals surface area contributed by atoms with E-state index < -0.39 is 0 Å². The average molecular weight is 225 g/mol. The summed E-state index contributed by atoms with van der Waals surface area (Å²) in [5.74, 6) is 0. The Morgan fingerprint density at radius 3 is 2.29 bits per heavy atom. The fourth-order valence-electron chi connectivity index (χ4n) is 1.54. The van der Waals surface area contributed by atoms with Gasteiger partial charge in [0.25, 0.3) is 0 Å². The van der Waals surface area contributed by atoms with E-state index in [0.717, 1.165) is 28.2 Å². The number of anilines is 1. The zero-order chi connectivity index (χ0) is 12.3. The minimum absolute atomic E-state index is 0.793. The Morgan fingerprint density at radius 2 is 1.59 bits per heavy atom. The molecule has 0 amide bonds. The smallest absolute Gasteiger partial charge is 0.0890 e. The molecule has 17 heavy (non-hydrogen) atoms. The Balaban J connectivity index is 2.31. The van der Waals surface area contributed by atoms with Gasteiger partial charge in [0.05, 0.1) is 11.4 Å². The second kappa shape index (κ2) is 4.78. The van der Waals surface area contributed by atoms with Gasteiger partial charge in [-0.1, -0.05) is 18.2 Å². The molecular weight excluding hydrogens is 210 g/mol. The lowest BCUT2D eigenvalue weighted by atomic mass is 10.1. The summed E-state index contributed by atoms with van der Waals surface area (Å²) in [6.45, 7) is 3.95. The van der Waals surface area contributed by atoms with E-state index in [2.05, 4.69) is 10.2 Å². The van der Waals surface area contributed by atoms with Crippen LogP contribution < -0.4 is 5.73 Å². The lowest BCUT2D eigenvalue weighted by Crippen LogP contribution is -1.89. The Bertz CT molecular complexity index is 545. The van der Waals surface area contributed by atoms with Gasteiger partial charge in [0.15, 0.2) is 0 Å². The van der Waals surface area contributed by atoms with E-state index in [1.807, 2.05) is 56.3 Å². The van der Waals surface area contributed by atoms with Crippen molar-refractivity contribution in [2.45, 2.75) is 13.8 Å². The SMILES string of the molecule is Cc1cc(N=Nc2ccccc2)c(C)cc1N. The highest BCUT2D eigenvalue weighted by Crippen LogP contribution is 2.26. The van der Waals surface area contributed by atoms with Crippen LogP contribution in [0.2, 0.25) is 0 Å². The molecule has 2 rings (SSSR count). The van der Waals surface area contributed by atoms with Crippen molar-refractivity contribution in [2.75, 3.05) is 5.73 Å². The van der Waals surface area contributed by atoms with E-state index in [-0.39, 0.29) is 0 Å². The molecule has 0 fully saturated rings. The maximum Gasteiger partial charge on any atom is 0.0890 e. The Morgan fingerprint density at radius 1 is 0.882 bits per heavy atom. The van der Waals surface area contributed by atoms with Crippen LogP contribution in [0.5, 0.6) is 0 Å². The maximum atomic E-state index is 5.82. The summed E-state index contributed by atoms with van der Waals surface area (Å²) in [6.07, 6.45) is 0. The highest BCUT2D eigenvalue weighted by Gasteiger charge is 2.00. The highest BCUT2D eigenvalue weighted by atomic mass is 15.1. The van der Waals surface area contributed by atoms with Gasteiger partial charge in [-0.15, -0.1) is 0 Å².